The molecule has 2 nitrogen and oxygen atoms in total. The second-order valence-corrected chi connectivity index (χ2v) is 3.14. The average molecular weight is 187 g/mol. The molecule has 0 aliphatic carbocycles. The highest BCUT2D eigenvalue weighted by molar-refractivity contribution is 4.41. The maximum absolute atomic E-state index is 5.43. The Morgan fingerprint density at radius 3 is 2.08 bits per heavy atom. The molecule has 0 amide bonds. The summed E-state index contributed by atoms with van der Waals surface area (Å²) < 4.78 is 10.6. The molecule has 0 spiro atoms. The molecular weight excluding hydrogens is 164 g/mol. The van der Waals surface area contributed by atoms with Gasteiger partial charge in [0.05, 0.1) is 0 Å². The van der Waals surface area contributed by atoms with Crippen LogP contribution in [0.3, 0.4) is 0 Å². The Hall–Kier alpha value is -0.0800. The van der Waals surface area contributed by atoms with E-state index < -0.39 is 0 Å². The van der Waals surface area contributed by atoms with Crippen LogP contribution in [0, 0.1) is 6.92 Å². The third-order valence-corrected chi connectivity index (χ3v) is 1.86. The van der Waals surface area contributed by atoms with E-state index in [0.29, 0.717) is 6.61 Å². The van der Waals surface area contributed by atoms with Gasteiger partial charge in [-0.15, -0.1) is 0 Å². The maximum atomic E-state index is 5.43. The SMILES string of the molecule is [CH2]COCCCCCOCCCC. The minimum atomic E-state index is 0.590. The Morgan fingerprint density at radius 1 is 0.846 bits per heavy atom. The Kier molecular flexibility index (Phi) is 11.8. The second kappa shape index (κ2) is 11.9. The Labute approximate surface area is 82.6 Å². The number of unbranched alkanes of at least 4 members (excludes halogenated alkanes) is 3. The number of hydrogen-bond acceptors (Lipinski definition) is 2. The van der Waals surface area contributed by atoms with E-state index in [1.165, 1.54) is 19.3 Å². The van der Waals surface area contributed by atoms with Gasteiger partial charge in [-0.2, -0.15) is 0 Å². The third-order valence-electron chi connectivity index (χ3n) is 1.86. The van der Waals surface area contributed by atoms with Crippen LogP contribution in [0.25, 0.3) is 0 Å². The van der Waals surface area contributed by atoms with Crippen LogP contribution in [-0.4, -0.2) is 26.4 Å². The third kappa shape index (κ3) is 11.9. The van der Waals surface area contributed by atoms with Crippen molar-refractivity contribution in [1.29, 1.82) is 0 Å². The summed E-state index contributed by atoms with van der Waals surface area (Å²) in [6, 6.07) is 0. The Morgan fingerprint density at radius 2 is 1.46 bits per heavy atom. The van der Waals surface area contributed by atoms with Crippen LogP contribution in [0.1, 0.15) is 39.0 Å². The van der Waals surface area contributed by atoms with Crippen LogP contribution in [0.5, 0.6) is 0 Å². The van der Waals surface area contributed by atoms with Crippen LogP contribution in [0.4, 0.5) is 0 Å². The molecular formula is C11H23O2. The first kappa shape index (κ1) is 12.9. The molecule has 1 radical (unpaired) electrons. The molecule has 0 rings (SSSR count). The van der Waals surface area contributed by atoms with Gasteiger partial charge in [0.15, 0.2) is 0 Å². The van der Waals surface area contributed by atoms with E-state index in [2.05, 4.69) is 13.8 Å². The highest BCUT2D eigenvalue weighted by Gasteiger charge is 1.90. The largest absolute Gasteiger partial charge is 0.381 e. The first-order chi connectivity index (χ1) is 6.41. The highest BCUT2D eigenvalue weighted by Crippen LogP contribution is 1.97. The van der Waals surface area contributed by atoms with Crippen molar-refractivity contribution < 1.29 is 9.47 Å². The molecule has 0 aliphatic rings. The zero-order chi connectivity index (χ0) is 9.78. The lowest BCUT2D eigenvalue weighted by atomic mass is 10.2. The lowest BCUT2D eigenvalue weighted by molar-refractivity contribution is 0.120. The summed E-state index contributed by atoms with van der Waals surface area (Å²) in [5.41, 5.74) is 0. The summed E-state index contributed by atoms with van der Waals surface area (Å²) in [4.78, 5) is 0. The van der Waals surface area contributed by atoms with Crippen LogP contribution >= 0.6 is 0 Å². The number of rotatable bonds is 10. The lowest BCUT2D eigenvalue weighted by Gasteiger charge is -2.03. The second-order valence-electron chi connectivity index (χ2n) is 3.14. The van der Waals surface area contributed by atoms with Gasteiger partial charge in [0.25, 0.3) is 0 Å². The minimum absolute atomic E-state index is 0.590. The van der Waals surface area contributed by atoms with E-state index in [0.717, 1.165) is 32.7 Å². The van der Waals surface area contributed by atoms with Crippen molar-refractivity contribution in [3.63, 3.8) is 0 Å². The summed E-state index contributed by atoms with van der Waals surface area (Å²) in [5.74, 6) is 0. The molecule has 0 N–H and O–H groups in total. The maximum Gasteiger partial charge on any atom is 0.0466 e. The molecule has 0 atom stereocenters. The van der Waals surface area contributed by atoms with Gasteiger partial charge in [-0.3, -0.25) is 0 Å². The topological polar surface area (TPSA) is 18.5 Å². The van der Waals surface area contributed by atoms with Crippen LogP contribution < -0.4 is 0 Å². The molecule has 0 heterocycles. The Bertz CT molecular complexity index is 74.2. The normalized spacial score (nSPS) is 10.6. The van der Waals surface area contributed by atoms with Crippen molar-refractivity contribution in [2.75, 3.05) is 26.4 Å². The van der Waals surface area contributed by atoms with Gasteiger partial charge in [-0.05, 0) is 32.6 Å². The van der Waals surface area contributed by atoms with Gasteiger partial charge in [0.2, 0.25) is 0 Å². The van der Waals surface area contributed by atoms with Gasteiger partial charge in [-0.25, -0.2) is 0 Å². The summed E-state index contributed by atoms with van der Waals surface area (Å²) in [5, 5.41) is 0. The lowest BCUT2D eigenvalue weighted by Crippen LogP contribution is -1.98. The summed E-state index contributed by atoms with van der Waals surface area (Å²) in [6.45, 7) is 9.05. The smallest absolute Gasteiger partial charge is 0.0466 e. The van der Waals surface area contributed by atoms with E-state index in [-0.39, 0.29) is 0 Å². The van der Waals surface area contributed by atoms with E-state index in [4.69, 9.17) is 9.47 Å². The first-order valence-corrected chi connectivity index (χ1v) is 5.36. The van der Waals surface area contributed by atoms with Gasteiger partial charge >= 0.3 is 0 Å². The minimum Gasteiger partial charge on any atom is -0.381 e. The predicted molar refractivity (Wildman–Crippen MR) is 55.8 cm³/mol. The fourth-order valence-corrected chi connectivity index (χ4v) is 1.04. The molecule has 0 bridgehead atoms. The van der Waals surface area contributed by atoms with E-state index in [1.807, 2.05) is 0 Å². The predicted octanol–water partition coefficient (Wildman–Crippen LogP) is 2.82. The molecule has 13 heavy (non-hydrogen) atoms. The monoisotopic (exact) mass is 187 g/mol. The van der Waals surface area contributed by atoms with Gasteiger partial charge in [0.1, 0.15) is 0 Å². The molecule has 0 fully saturated rings. The standard InChI is InChI=1S/C11H23O2/c1-3-5-9-13-11-8-6-7-10-12-4-2/h2-11H2,1H3. The van der Waals surface area contributed by atoms with E-state index >= 15 is 0 Å². The van der Waals surface area contributed by atoms with Crippen molar-refractivity contribution in [2.45, 2.75) is 39.0 Å². The molecule has 0 aliphatic heterocycles. The van der Waals surface area contributed by atoms with Crippen molar-refractivity contribution in [1.82, 2.24) is 0 Å². The fourth-order valence-electron chi connectivity index (χ4n) is 1.04. The molecule has 0 saturated carbocycles. The highest BCUT2D eigenvalue weighted by atomic mass is 16.5. The molecule has 0 aromatic heterocycles. The van der Waals surface area contributed by atoms with Crippen molar-refractivity contribution >= 4 is 0 Å². The molecule has 0 aromatic carbocycles. The van der Waals surface area contributed by atoms with Gasteiger partial charge < -0.3 is 9.47 Å². The number of ether oxygens (including phenoxy) is 2. The average Bonchev–Trinajstić information content (AvgIpc) is 2.16. The van der Waals surface area contributed by atoms with Crippen LogP contribution in [-0.2, 0) is 9.47 Å². The Balaban J connectivity index is 2.76. The van der Waals surface area contributed by atoms with Crippen molar-refractivity contribution in [3.05, 3.63) is 6.92 Å². The van der Waals surface area contributed by atoms with Crippen LogP contribution in [0.2, 0.25) is 0 Å². The first-order valence-electron chi connectivity index (χ1n) is 5.36. The van der Waals surface area contributed by atoms with Crippen molar-refractivity contribution in [3.8, 4) is 0 Å². The zero-order valence-electron chi connectivity index (χ0n) is 8.89. The number of hydrogen-bond donors (Lipinski definition) is 0. The van der Waals surface area contributed by atoms with Gasteiger partial charge in [-0.1, -0.05) is 13.3 Å². The summed E-state index contributed by atoms with van der Waals surface area (Å²) in [6.07, 6.45) is 5.89. The fraction of sp³-hybridized carbons (Fsp3) is 0.909. The quantitative estimate of drug-likeness (QED) is 0.490. The molecule has 0 saturated heterocycles. The van der Waals surface area contributed by atoms with E-state index in [1.54, 1.807) is 0 Å². The molecule has 0 unspecified atom stereocenters. The van der Waals surface area contributed by atoms with E-state index in [9.17, 15) is 0 Å². The molecule has 79 valence electrons. The molecule has 0 aromatic rings. The van der Waals surface area contributed by atoms with Crippen molar-refractivity contribution in [2.24, 2.45) is 0 Å². The zero-order valence-corrected chi connectivity index (χ0v) is 8.89. The van der Waals surface area contributed by atoms with Gasteiger partial charge in [0, 0.05) is 26.4 Å². The summed E-state index contributed by atoms with van der Waals surface area (Å²) >= 11 is 0. The summed E-state index contributed by atoms with van der Waals surface area (Å²) in [7, 11) is 0. The molecule has 2 heteroatoms. The van der Waals surface area contributed by atoms with Crippen LogP contribution in [0.15, 0.2) is 0 Å².